The Balaban J connectivity index is 1.77. The molecule has 0 radical (unpaired) electrons. The van der Waals surface area contributed by atoms with Gasteiger partial charge >= 0.3 is 12.6 Å². The predicted octanol–water partition coefficient (Wildman–Crippen LogP) is 3.44. The minimum atomic E-state index is -4.27. The molecule has 116 valence electrons. The summed E-state index contributed by atoms with van der Waals surface area (Å²) in [7, 11) is 0. The lowest BCUT2D eigenvalue weighted by Crippen LogP contribution is -2.33. The number of carbonyl (C=O) groups is 1. The number of nitrogens with zero attached hydrogens (tertiary/aromatic N) is 1. The molecule has 0 aliphatic carbocycles. The van der Waals surface area contributed by atoms with Crippen molar-refractivity contribution in [1.82, 2.24) is 5.06 Å². The highest BCUT2D eigenvalue weighted by atomic mass is 19.4. The molecule has 0 spiro atoms. The van der Waals surface area contributed by atoms with Gasteiger partial charge in [-0.3, -0.25) is 4.79 Å². The molecule has 1 aliphatic rings. The molecule has 1 aromatic carbocycles. The molecule has 0 aromatic heterocycles. The molecule has 2 rings (SSSR count). The van der Waals surface area contributed by atoms with Crippen LogP contribution in [0, 0.1) is 5.92 Å². The maximum atomic E-state index is 12.5. The van der Waals surface area contributed by atoms with E-state index in [0.29, 0.717) is 12.4 Å². The molecule has 21 heavy (non-hydrogen) atoms. The maximum Gasteiger partial charge on any atom is 0.416 e. The standard InChI is InChI=1S/C15H18F3NO2/c16-15(17,18)14-5-3-12(4-6-14)1-2-13-7-9-19(10-8-13)21-11-20/h3-6,11,13H,1-2,7-10H2. The van der Waals surface area contributed by atoms with Gasteiger partial charge in [0.1, 0.15) is 0 Å². The first kappa shape index (κ1) is 15.8. The van der Waals surface area contributed by atoms with E-state index >= 15 is 0 Å². The Hall–Kier alpha value is -1.56. The summed E-state index contributed by atoms with van der Waals surface area (Å²) in [6, 6.07) is 5.37. The molecular formula is C15H18F3NO2. The van der Waals surface area contributed by atoms with E-state index in [1.54, 1.807) is 17.2 Å². The van der Waals surface area contributed by atoms with Crippen LogP contribution in [-0.4, -0.2) is 24.6 Å². The molecular weight excluding hydrogens is 283 g/mol. The molecule has 0 N–H and O–H groups in total. The Morgan fingerprint density at radius 2 is 1.81 bits per heavy atom. The van der Waals surface area contributed by atoms with Crippen molar-refractivity contribution in [3.63, 3.8) is 0 Å². The van der Waals surface area contributed by atoms with E-state index in [2.05, 4.69) is 0 Å². The molecule has 1 aliphatic heterocycles. The lowest BCUT2D eigenvalue weighted by molar-refractivity contribution is -0.180. The van der Waals surface area contributed by atoms with Crippen LogP contribution in [0.25, 0.3) is 0 Å². The number of hydrogen-bond donors (Lipinski definition) is 0. The van der Waals surface area contributed by atoms with Gasteiger partial charge in [-0.2, -0.15) is 13.2 Å². The van der Waals surface area contributed by atoms with Crippen molar-refractivity contribution in [2.24, 2.45) is 5.92 Å². The lowest BCUT2D eigenvalue weighted by atomic mass is 9.91. The minimum Gasteiger partial charge on any atom is -0.371 e. The van der Waals surface area contributed by atoms with E-state index in [1.807, 2.05) is 0 Å². The molecule has 0 amide bonds. The first-order chi connectivity index (χ1) is 9.99. The van der Waals surface area contributed by atoms with E-state index < -0.39 is 11.7 Å². The fourth-order valence-electron chi connectivity index (χ4n) is 2.60. The normalized spacial score (nSPS) is 17.7. The van der Waals surface area contributed by atoms with Crippen LogP contribution in [0.3, 0.4) is 0 Å². The van der Waals surface area contributed by atoms with Crippen molar-refractivity contribution in [3.8, 4) is 0 Å². The van der Waals surface area contributed by atoms with Crippen LogP contribution in [0.1, 0.15) is 30.4 Å². The zero-order valence-corrected chi connectivity index (χ0v) is 11.6. The topological polar surface area (TPSA) is 29.5 Å². The fraction of sp³-hybridized carbons (Fsp3) is 0.533. The Labute approximate surface area is 121 Å². The summed E-state index contributed by atoms with van der Waals surface area (Å²) in [5.74, 6) is 0.527. The van der Waals surface area contributed by atoms with E-state index in [1.165, 1.54) is 0 Å². The SMILES string of the molecule is O=CON1CCC(CCc2ccc(C(F)(F)F)cc2)CC1. The highest BCUT2D eigenvalue weighted by Crippen LogP contribution is 2.29. The number of rotatable bonds is 5. The average Bonchev–Trinajstić information content (AvgIpc) is 2.46. The lowest BCUT2D eigenvalue weighted by Gasteiger charge is -2.29. The van der Waals surface area contributed by atoms with Crippen LogP contribution < -0.4 is 0 Å². The molecule has 0 bridgehead atoms. The Morgan fingerprint density at radius 3 is 2.33 bits per heavy atom. The average molecular weight is 301 g/mol. The van der Waals surface area contributed by atoms with Gasteiger partial charge in [0.05, 0.1) is 5.56 Å². The molecule has 3 nitrogen and oxygen atoms in total. The third-order valence-corrected chi connectivity index (χ3v) is 3.89. The molecule has 1 fully saturated rings. The van der Waals surface area contributed by atoms with Gasteiger partial charge in [-0.25, -0.2) is 0 Å². The summed E-state index contributed by atoms with van der Waals surface area (Å²) in [6.45, 7) is 1.87. The second-order valence-corrected chi connectivity index (χ2v) is 5.31. The summed E-state index contributed by atoms with van der Waals surface area (Å²) in [6.07, 6.45) is -0.676. The predicted molar refractivity (Wildman–Crippen MR) is 71.2 cm³/mol. The highest BCUT2D eigenvalue weighted by Gasteiger charge is 2.29. The van der Waals surface area contributed by atoms with Gasteiger partial charge in [-0.15, -0.1) is 5.06 Å². The van der Waals surface area contributed by atoms with Crippen molar-refractivity contribution in [2.45, 2.75) is 31.9 Å². The molecule has 0 atom stereocenters. The second kappa shape index (κ2) is 6.93. The van der Waals surface area contributed by atoms with Crippen molar-refractivity contribution in [3.05, 3.63) is 35.4 Å². The Morgan fingerprint density at radius 1 is 1.19 bits per heavy atom. The molecule has 1 saturated heterocycles. The molecule has 1 heterocycles. The Bertz CT molecular complexity index is 451. The van der Waals surface area contributed by atoms with Gasteiger partial charge in [0.25, 0.3) is 0 Å². The van der Waals surface area contributed by atoms with Crippen LogP contribution in [0.4, 0.5) is 13.2 Å². The largest absolute Gasteiger partial charge is 0.416 e. The van der Waals surface area contributed by atoms with Crippen LogP contribution in [0.15, 0.2) is 24.3 Å². The van der Waals surface area contributed by atoms with Gasteiger partial charge in [0, 0.05) is 13.1 Å². The van der Waals surface area contributed by atoms with Crippen molar-refractivity contribution >= 4 is 6.47 Å². The summed E-state index contributed by atoms with van der Waals surface area (Å²) < 4.78 is 37.4. The number of carbonyl (C=O) groups excluding carboxylic acids is 1. The van der Waals surface area contributed by atoms with Crippen molar-refractivity contribution in [1.29, 1.82) is 0 Å². The maximum absolute atomic E-state index is 12.5. The first-order valence-corrected chi connectivity index (χ1v) is 7.00. The summed E-state index contributed by atoms with van der Waals surface area (Å²) >= 11 is 0. The van der Waals surface area contributed by atoms with Crippen LogP contribution in [0.5, 0.6) is 0 Å². The number of piperidine rings is 1. The fourth-order valence-corrected chi connectivity index (χ4v) is 2.60. The third-order valence-electron chi connectivity index (χ3n) is 3.89. The van der Waals surface area contributed by atoms with Gasteiger partial charge in [-0.05, 0) is 49.3 Å². The summed E-state index contributed by atoms with van der Waals surface area (Å²) in [4.78, 5) is 15.0. The van der Waals surface area contributed by atoms with Gasteiger partial charge in [-0.1, -0.05) is 12.1 Å². The number of alkyl halides is 3. The van der Waals surface area contributed by atoms with E-state index in [9.17, 15) is 18.0 Å². The zero-order valence-electron chi connectivity index (χ0n) is 11.6. The molecule has 0 unspecified atom stereocenters. The number of hydroxylamine groups is 2. The van der Waals surface area contributed by atoms with Gasteiger partial charge in [0.2, 0.25) is 0 Å². The van der Waals surface area contributed by atoms with Gasteiger partial charge in [0.15, 0.2) is 0 Å². The smallest absolute Gasteiger partial charge is 0.371 e. The number of aryl methyl sites for hydroxylation is 1. The number of hydrogen-bond acceptors (Lipinski definition) is 3. The van der Waals surface area contributed by atoms with Crippen LogP contribution in [-0.2, 0) is 22.2 Å². The minimum absolute atomic E-state index is 0.433. The highest BCUT2D eigenvalue weighted by molar-refractivity contribution is 5.36. The van der Waals surface area contributed by atoms with E-state index in [-0.39, 0.29) is 0 Å². The molecule has 0 saturated carbocycles. The first-order valence-electron chi connectivity index (χ1n) is 7.00. The molecule has 1 aromatic rings. The molecule has 6 heteroatoms. The number of halogens is 3. The van der Waals surface area contributed by atoms with Crippen molar-refractivity contribution in [2.75, 3.05) is 13.1 Å². The van der Waals surface area contributed by atoms with Crippen LogP contribution in [0.2, 0.25) is 0 Å². The zero-order chi connectivity index (χ0) is 15.3. The summed E-state index contributed by atoms with van der Waals surface area (Å²) in [5, 5.41) is 1.64. The monoisotopic (exact) mass is 301 g/mol. The van der Waals surface area contributed by atoms with E-state index in [4.69, 9.17) is 4.84 Å². The Kier molecular flexibility index (Phi) is 5.22. The quantitative estimate of drug-likeness (QED) is 0.780. The van der Waals surface area contributed by atoms with Crippen molar-refractivity contribution < 1.29 is 22.8 Å². The van der Waals surface area contributed by atoms with Crippen LogP contribution >= 0.6 is 0 Å². The second-order valence-electron chi connectivity index (χ2n) is 5.31. The third kappa shape index (κ3) is 4.74. The number of benzene rings is 1. The van der Waals surface area contributed by atoms with Gasteiger partial charge < -0.3 is 4.84 Å². The summed E-state index contributed by atoms with van der Waals surface area (Å²) in [5.41, 5.74) is 0.320. The van der Waals surface area contributed by atoms with E-state index in [0.717, 1.165) is 56.5 Å².